The van der Waals surface area contributed by atoms with E-state index in [1.54, 1.807) is 0 Å². The average molecular weight is 286 g/mol. The van der Waals surface area contributed by atoms with E-state index >= 15 is 0 Å². The highest BCUT2D eigenvalue weighted by Crippen LogP contribution is 2.12. The van der Waals surface area contributed by atoms with E-state index in [4.69, 9.17) is 9.47 Å². The molecule has 5 heteroatoms. The molecule has 5 nitrogen and oxygen atoms in total. The molecule has 0 aromatic rings. The maximum absolute atomic E-state index is 11.7. The van der Waals surface area contributed by atoms with Gasteiger partial charge in [0.25, 0.3) is 0 Å². The molecule has 1 heterocycles. The van der Waals surface area contributed by atoms with Gasteiger partial charge in [0, 0.05) is 25.7 Å². The lowest BCUT2D eigenvalue weighted by Gasteiger charge is -2.35. The van der Waals surface area contributed by atoms with Crippen molar-refractivity contribution >= 4 is 5.91 Å². The van der Waals surface area contributed by atoms with Crippen molar-refractivity contribution in [2.75, 3.05) is 39.5 Å². The second kappa shape index (κ2) is 9.32. The molecule has 1 atom stereocenters. The molecular weight excluding hydrogens is 256 g/mol. The smallest absolute Gasteiger partial charge is 0.246 e. The average Bonchev–Trinajstić information content (AvgIpc) is 2.41. The van der Waals surface area contributed by atoms with Gasteiger partial charge in [0.2, 0.25) is 5.91 Å². The molecule has 1 rings (SSSR count). The molecule has 0 aliphatic carbocycles. The minimum absolute atomic E-state index is 0.0271. The van der Waals surface area contributed by atoms with Crippen molar-refractivity contribution in [1.82, 2.24) is 10.2 Å². The number of hydrogen-bond acceptors (Lipinski definition) is 4. The Labute approximate surface area is 123 Å². The zero-order chi connectivity index (χ0) is 15.0. The Kier molecular flexibility index (Phi) is 8.11. The molecular formula is C15H30N2O3. The molecule has 1 fully saturated rings. The van der Waals surface area contributed by atoms with Gasteiger partial charge in [-0.25, -0.2) is 0 Å². The van der Waals surface area contributed by atoms with Gasteiger partial charge in [0.1, 0.15) is 6.61 Å². The Morgan fingerprint density at radius 3 is 2.45 bits per heavy atom. The van der Waals surface area contributed by atoms with E-state index in [0.717, 1.165) is 32.7 Å². The van der Waals surface area contributed by atoms with E-state index in [0.29, 0.717) is 18.5 Å². The summed E-state index contributed by atoms with van der Waals surface area (Å²) >= 11 is 0. The molecule has 0 radical (unpaired) electrons. The Morgan fingerprint density at radius 2 is 1.90 bits per heavy atom. The molecule has 20 heavy (non-hydrogen) atoms. The minimum atomic E-state index is -0.0271. The van der Waals surface area contributed by atoms with Crippen molar-refractivity contribution in [2.45, 2.75) is 46.3 Å². The fourth-order valence-corrected chi connectivity index (χ4v) is 2.37. The van der Waals surface area contributed by atoms with Crippen LogP contribution in [-0.2, 0) is 14.3 Å². The van der Waals surface area contributed by atoms with E-state index in [1.165, 1.54) is 0 Å². The van der Waals surface area contributed by atoms with Crippen molar-refractivity contribution in [3.63, 3.8) is 0 Å². The van der Waals surface area contributed by atoms with Gasteiger partial charge in [-0.05, 0) is 26.2 Å². The second-order valence-corrected chi connectivity index (χ2v) is 6.10. The Morgan fingerprint density at radius 1 is 1.25 bits per heavy atom. The summed E-state index contributed by atoms with van der Waals surface area (Å²) in [5.41, 5.74) is 0. The van der Waals surface area contributed by atoms with Gasteiger partial charge >= 0.3 is 0 Å². The summed E-state index contributed by atoms with van der Waals surface area (Å²) in [5, 5.41) is 2.99. The number of rotatable bonds is 8. The third-order valence-electron chi connectivity index (χ3n) is 3.39. The summed E-state index contributed by atoms with van der Waals surface area (Å²) in [4.78, 5) is 14.2. The molecule has 1 saturated heterocycles. The number of morpholine rings is 1. The van der Waals surface area contributed by atoms with E-state index < -0.39 is 0 Å². The summed E-state index contributed by atoms with van der Waals surface area (Å²) in [5.74, 6) is 0.590. The summed E-state index contributed by atoms with van der Waals surface area (Å²) in [6.07, 6.45) is 1.18. The monoisotopic (exact) mass is 286 g/mol. The van der Waals surface area contributed by atoms with Crippen LogP contribution in [0.2, 0.25) is 0 Å². The van der Waals surface area contributed by atoms with Crippen molar-refractivity contribution in [1.29, 1.82) is 0 Å². The lowest BCUT2D eigenvalue weighted by Crippen LogP contribution is -2.49. The predicted molar refractivity (Wildman–Crippen MR) is 79.7 cm³/mol. The van der Waals surface area contributed by atoms with Crippen LogP contribution in [0.15, 0.2) is 0 Å². The third kappa shape index (κ3) is 7.22. The van der Waals surface area contributed by atoms with Gasteiger partial charge in [0.05, 0.1) is 19.3 Å². The number of carbonyl (C=O) groups is 1. The molecule has 0 saturated carbocycles. The first-order chi connectivity index (χ1) is 9.49. The topological polar surface area (TPSA) is 50.8 Å². The van der Waals surface area contributed by atoms with Gasteiger partial charge in [-0.3, -0.25) is 9.69 Å². The van der Waals surface area contributed by atoms with Gasteiger partial charge in [-0.2, -0.15) is 0 Å². The molecule has 0 bridgehead atoms. The SMILES string of the molecule is CC(C)CC(CNC(=O)COC(C)C)N1CCOCC1. The molecule has 1 unspecified atom stereocenters. The number of carbonyl (C=O) groups excluding carboxylic acids is 1. The van der Waals surface area contributed by atoms with Crippen LogP contribution in [0.5, 0.6) is 0 Å². The normalized spacial score (nSPS) is 18.5. The number of amides is 1. The lowest BCUT2D eigenvalue weighted by molar-refractivity contribution is -0.127. The third-order valence-corrected chi connectivity index (χ3v) is 3.39. The van der Waals surface area contributed by atoms with Crippen molar-refractivity contribution in [2.24, 2.45) is 5.92 Å². The Balaban J connectivity index is 2.37. The first-order valence-electron chi connectivity index (χ1n) is 7.69. The largest absolute Gasteiger partial charge is 0.379 e. The zero-order valence-corrected chi connectivity index (χ0v) is 13.4. The summed E-state index contributed by atoms with van der Waals surface area (Å²) in [7, 11) is 0. The molecule has 0 aromatic heterocycles. The summed E-state index contributed by atoms with van der Waals surface area (Å²) in [6, 6.07) is 0.391. The zero-order valence-electron chi connectivity index (χ0n) is 13.4. The maximum atomic E-state index is 11.7. The van der Waals surface area contributed by atoms with Crippen LogP contribution in [0.4, 0.5) is 0 Å². The van der Waals surface area contributed by atoms with E-state index in [9.17, 15) is 4.79 Å². The fourth-order valence-electron chi connectivity index (χ4n) is 2.37. The summed E-state index contributed by atoms with van der Waals surface area (Å²) in [6.45, 7) is 12.6. The molecule has 1 N–H and O–H groups in total. The number of ether oxygens (including phenoxy) is 2. The lowest BCUT2D eigenvalue weighted by atomic mass is 10.0. The Bertz CT molecular complexity index is 276. The molecule has 1 aliphatic rings. The highest BCUT2D eigenvalue weighted by atomic mass is 16.5. The molecule has 1 aliphatic heterocycles. The molecule has 0 aromatic carbocycles. The quantitative estimate of drug-likeness (QED) is 0.730. The van der Waals surface area contributed by atoms with Crippen molar-refractivity contribution in [3.05, 3.63) is 0 Å². The second-order valence-electron chi connectivity index (χ2n) is 6.10. The highest BCUT2D eigenvalue weighted by molar-refractivity contribution is 5.77. The number of hydrogen-bond donors (Lipinski definition) is 1. The van der Waals surface area contributed by atoms with Crippen LogP contribution in [0.3, 0.4) is 0 Å². The van der Waals surface area contributed by atoms with Gasteiger partial charge in [-0.1, -0.05) is 13.8 Å². The highest BCUT2D eigenvalue weighted by Gasteiger charge is 2.22. The van der Waals surface area contributed by atoms with Crippen LogP contribution in [0.1, 0.15) is 34.1 Å². The molecule has 1 amide bonds. The van der Waals surface area contributed by atoms with Gasteiger partial charge in [-0.15, -0.1) is 0 Å². The summed E-state index contributed by atoms with van der Waals surface area (Å²) < 4.78 is 10.7. The van der Waals surface area contributed by atoms with E-state index in [-0.39, 0.29) is 18.6 Å². The Hall–Kier alpha value is -0.650. The van der Waals surface area contributed by atoms with E-state index in [1.807, 2.05) is 13.8 Å². The van der Waals surface area contributed by atoms with Crippen LogP contribution < -0.4 is 5.32 Å². The van der Waals surface area contributed by atoms with Gasteiger partial charge in [0.15, 0.2) is 0 Å². The van der Waals surface area contributed by atoms with E-state index in [2.05, 4.69) is 24.1 Å². The van der Waals surface area contributed by atoms with Crippen LogP contribution in [0.25, 0.3) is 0 Å². The first kappa shape index (κ1) is 17.4. The standard InChI is InChI=1S/C15H30N2O3/c1-12(2)9-14(17-5-7-19-8-6-17)10-16-15(18)11-20-13(3)4/h12-14H,5-11H2,1-4H3,(H,16,18). The van der Waals surface area contributed by atoms with Crippen molar-refractivity contribution < 1.29 is 14.3 Å². The maximum Gasteiger partial charge on any atom is 0.246 e. The molecule has 0 spiro atoms. The number of nitrogens with zero attached hydrogens (tertiary/aromatic N) is 1. The minimum Gasteiger partial charge on any atom is -0.379 e. The van der Waals surface area contributed by atoms with Crippen LogP contribution >= 0.6 is 0 Å². The van der Waals surface area contributed by atoms with Crippen LogP contribution in [0, 0.1) is 5.92 Å². The fraction of sp³-hybridized carbons (Fsp3) is 0.933. The van der Waals surface area contributed by atoms with Gasteiger partial charge < -0.3 is 14.8 Å². The van der Waals surface area contributed by atoms with Crippen molar-refractivity contribution in [3.8, 4) is 0 Å². The first-order valence-corrected chi connectivity index (χ1v) is 7.69. The molecule has 118 valence electrons. The number of nitrogens with one attached hydrogen (secondary N) is 1. The van der Waals surface area contributed by atoms with Crippen LogP contribution in [-0.4, -0.2) is 62.4 Å². The predicted octanol–water partition coefficient (Wildman–Crippen LogP) is 1.27.